The van der Waals surface area contributed by atoms with Crippen molar-refractivity contribution in [2.45, 2.75) is 6.10 Å². The van der Waals surface area contributed by atoms with Gasteiger partial charge in [0, 0.05) is 15.1 Å². The number of aliphatic hydroxyl groups excluding tert-OH is 1. The summed E-state index contributed by atoms with van der Waals surface area (Å²) in [5, 5.41) is 20.5. The number of hydrogen-bond donors (Lipinski definition) is 2. The normalized spacial score (nSPS) is 12.4. The summed E-state index contributed by atoms with van der Waals surface area (Å²) < 4.78 is 0.804. The lowest BCUT2D eigenvalue weighted by Crippen LogP contribution is -1.99. The van der Waals surface area contributed by atoms with Gasteiger partial charge in [-0.2, -0.15) is 0 Å². The molecule has 0 heterocycles. The monoisotopic (exact) mass is 312 g/mol. The minimum atomic E-state index is -0.871. The number of rotatable bonds is 2. The molecule has 0 aliphatic rings. The summed E-state index contributed by atoms with van der Waals surface area (Å²) in [6.07, 6.45) is -0.871. The van der Waals surface area contributed by atoms with E-state index in [2.05, 4.69) is 15.9 Å². The summed E-state index contributed by atoms with van der Waals surface area (Å²) in [4.78, 5) is 0. The Morgan fingerprint density at radius 3 is 2.35 bits per heavy atom. The van der Waals surface area contributed by atoms with Gasteiger partial charge in [-0.3, -0.25) is 0 Å². The fraction of sp³-hybridized carbons (Fsp3) is 0.0769. The van der Waals surface area contributed by atoms with Crippen LogP contribution in [0.4, 0.5) is 0 Å². The summed E-state index contributed by atoms with van der Waals surface area (Å²) in [7, 11) is 0. The molecule has 0 aromatic heterocycles. The summed E-state index contributed by atoms with van der Waals surface area (Å²) in [6.45, 7) is 0. The minimum absolute atomic E-state index is 0.0654. The molecule has 0 aliphatic carbocycles. The third-order valence-corrected chi connectivity index (χ3v) is 3.22. The molecule has 0 amide bonds. The van der Waals surface area contributed by atoms with E-state index in [1.807, 2.05) is 0 Å². The number of aliphatic hydroxyl groups is 1. The molecule has 88 valence electrons. The van der Waals surface area contributed by atoms with Gasteiger partial charge in [-0.25, -0.2) is 0 Å². The molecule has 0 radical (unpaired) electrons. The minimum Gasteiger partial charge on any atom is -0.508 e. The highest BCUT2D eigenvalue weighted by molar-refractivity contribution is 9.10. The fourth-order valence-corrected chi connectivity index (χ4v) is 2.07. The first kappa shape index (κ1) is 12.4. The van der Waals surface area contributed by atoms with Crippen molar-refractivity contribution in [1.82, 2.24) is 0 Å². The van der Waals surface area contributed by atoms with E-state index >= 15 is 0 Å². The standard InChI is InChI=1S/C13H10BrClO2/c14-9-3-6-12(16)11(7-9)13(17)8-1-4-10(15)5-2-8/h1-7,13,16-17H. The molecule has 17 heavy (non-hydrogen) atoms. The van der Waals surface area contributed by atoms with Crippen LogP contribution in [0.15, 0.2) is 46.9 Å². The second-order valence-electron chi connectivity index (χ2n) is 3.66. The van der Waals surface area contributed by atoms with Crippen LogP contribution in [-0.2, 0) is 0 Å². The van der Waals surface area contributed by atoms with Gasteiger partial charge in [0.25, 0.3) is 0 Å². The lowest BCUT2D eigenvalue weighted by Gasteiger charge is -2.13. The van der Waals surface area contributed by atoms with E-state index in [-0.39, 0.29) is 5.75 Å². The predicted molar refractivity (Wildman–Crippen MR) is 71.3 cm³/mol. The van der Waals surface area contributed by atoms with E-state index in [0.717, 1.165) is 4.47 Å². The number of benzene rings is 2. The number of aromatic hydroxyl groups is 1. The third kappa shape index (κ3) is 2.80. The highest BCUT2D eigenvalue weighted by atomic mass is 79.9. The van der Waals surface area contributed by atoms with Gasteiger partial charge in [0.05, 0.1) is 0 Å². The van der Waals surface area contributed by atoms with Crippen molar-refractivity contribution in [2.24, 2.45) is 0 Å². The van der Waals surface area contributed by atoms with Crippen molar-refractivity contribution in [3.8, 4) is 5.75 Å². The molecule has 4 heteroatoms. The number of phenolic OH excluding ortho intramolecular Hbond substituents is 1. The van der Waals surface area contributed by atoms with Crippen molar-refractivity contribution in [2.75, 3.05) is 0 Å². The van der Waals surface area contributed by atoms with E-state index in [9.17, 15) is 10.2 Å². The van der Waals surface area contributed by atoms with E-state index < -0.39 is 6.10 Å². The average molecular weight is 314 g/mol. The molecule has 0 saturated heterocycles. The predicted octanol–water partition coefficient (Wildman–Crippen LogP) is 3.89. The molecule has 2 rings (SSSR count). The van der Waals surface area contributed by atoms with Gasteiger partial charge in [0.15, 0.2) is 0 Å². The Labute approximate surface area is 113 Å². The molecule has 1 atom stereocenters. The van der Waals surface area contributed by atoms with Gasteiger partial charge >= 0.3 is 0 Å². The lowest BCUT2D eigenvalue weighted by atomic mass is 10.0. The van der Waals surface area contributed by atoms with Crippen LogP contribution in [-0.4, -0.2) is 10.2 Å². The van der Waals surface area contributed by atoms with Gasteiger partial charge in [0.1, 0.15) is 11.9 Å². The molecular formula is C13H10BrClO2. The van der Waals surface area contributed by atoms with Crippen molar-refractivity contribution in [3.05, 3.63) is 63.1 Å². The molecule has 0 saturated carbocycles. The maximum Gasteiger partial charge on any atom is 0.121 e. The van der Waals surface area contributed by atoms with Crippen molar-refractivity contribution in [1.29, 1.82) is 0 Å². The Bertz CT molecular complexity index is 525. The summed E-state index contributed by atoms with van der Waals surface area (Å²) in [6, 6.07) is 11.8. The Morgan fingerprint density at radius 2 is 1.71 bits per heavy atom. The first-order chi connectivity index (χ1) is 8.08. The Balaban J connectivity index is 2.39. The van der Waals surface area contributed by atoms with Crippen LogP contribution >= 0.6 is 27.5 Å². The summed E-state index contributed by atoms with van der Waals surface area (Å²) >= 11 is 9.09. The molecule has 2 nitrogen and oxygen atoms in total. The van der Waals surface area contributed by atoms with Gasteiger partial charge in [-0.1, -0.05) is 39.7 Å². The van der Waals surface area contributed by atoms with E-state index in [0.29, 0.717) is 16.1 Å². The van der Waals surface area contributed by atoms with E-state index in [1.54, 1.807) is 42.5 Å². The topological polar surface area (TPSA) is 40.5 Å². The highest BCUT2D eigenvalue weighted by Crippen LogP contribution is 2.31. The Hall–Kier alpha value is -1.03. The number of phenols is 1. The van der Waals surface area contributed by atoms with Crippen LogP contribution in [0.3, 0.4) is 0 Å². The molecule has 2 aromatic rings. The Morgan fingerprint density at radius 1 is 1.06 bits per heavy atom. The number of halogens is 2. The molecule has 1 unspecified atom stereocenters. The smallest absolute Gasteiger partial charge is 0.121 e. The van der Waals surface area contributed by atoms with Crippen LogP contribution in [0.2, 0.25) is 5.02 Å². The maximum absolute atomic E-state index is 10.2. The molecule has 0 aliphatic heterocycles. The van der Waals surface area contributed by atoms with Crippen LogP contribution in [0, 0.1) is 0 Å². The lowest BCUT2D eigenvalue weighted by molar-refractivity contribution is 0.215. The zero-order chi connectivity index (χ0) is 12.4. The second kappa shape index (κ2) is 5.08. The first-order valence-electron chi connectivity index (χ1n) is 5.00. The Kier molecular flexibility index (Phi) is 3.72. The average Bonchev–Trinajstić information content (AvgIpc) is 2.32. The maximum atomic E-state index is 10.2. The molecular weight excluding hydrogens is 303 g/mol. The largest absolute Gasteiger partial charge is 0.508 e. The van der Waals surface area contributed by atoms with E-state index in [1.165, 1.54) is 0 Å². The fourth-order valence-electron chi connectivity index (χ4n) is 1.57. The van der Waals surface area contributed by atoms with Gasteiger partial charge in [0.2, 0.25) is 0 Å². The van der Waals surface area contributed by atoms with Gasteiger partial charge < -0.3 is 10.2 Å². The number of hydrogen-bond acceptors (Lipinski definition) is 2. The van der Waals surface area contributed by atoms with Gasteiger partial charge in [-0.05, 0) is 35.9 Å². The van der Waals surface area contributed by atoms with E-state index in [4.69, 9.17) is 11.6 Å². The summed E-state index contributed by atoms with van der Waals surface area (Å²) in [5.41, 5.74) is 1.14. The van der Waals surface area contributed by atoms with Crippen LogP contribution in [0.5, 0.6) is 5.75 Å². The molecule has 2 N–H and O–H groups in total. The zero-order valence-corrected chi connectivity index (χ0v) is 11.1. The first-order valence-corrected chi connectivity index (χ1v) is 6.17. The van der Waals surface area contributed by atoms with Crippen molar-refractivity contribution >= 4 is 27.5 Å². The van der Waals surface area contributed by atoms with Crippen molar-refractivity contribution in [3.63, 3.8) is 0 Å². The van der Waals surface area contributed by atoms with Crippen LogP contribution in [0.1, 0.15) is 17.2 Å². The zero-order valence-electron chi connectivity index (χ0n) is 8.77. The molecule has 2 aromatic carbocycles. The van der Waals surface area contributed by atoms with Crippen LogP contribution in [0.25, 0.3) is 0 Å². The molecule has 0 spiro atoms. The van der Waals surface area contributed by atoms with Crippen LogP contribution < -0.4 is 0 Å². The molecule has 0 fully saturated rings. The summed E-state index contributed by atoms with van der Waals surface area (Å²) in [5.74, 6) is 0.0654. The molecule has 0 bridgehead atoms. The SMILES string of the molecule is Oc1ccc(Br)cc1C(O)c1ccc(Cl)cc1. The van der Waals surface area contributed by atoms with Crippen molar-refractivity contribution < 1.29 is 10.2 Å². The highest BCUT2D eigenvalue weighted by Gasteiger charge is 2.14. The third-order valence-electron chi connectivity index (χ3n) is 2.47. The van der Waals surface area contributed by atoms with Gasteiger partial charge in [-0.15, -0.1) is 0 Å². The quantitative estimate of drug-likeness (QED) is 0.883. The second-order valence-corrected chi connectivity index (χ2v) is 5.01.